The Morgan fingerprint density at radius 1 is 1.21 bits per heavy atom. The number of likely N-dealkylation sites (tertiary alicyclic amines) is 1. The average Bonchev–Trinajstić information content (AvgIpc) is 3.49. The quantitative estimate of drug-likeness (QED) is 0.665. The minimum atomic E-state index is 0.0515. The summed E-state index contributed by atoms with van der Waals surface area (Å²) in [7, 11) is 1.66. The number of amides is 1. The fourth-order valence-electron chi connectivity index (χ4n) is 4.41. The van der Waals surface area contributed by atoms with Crippen molar-refractivity contribution in [2.24, 2.45) is 5.92 Å². The lowest BCUT2D eigenvalue weighted by Crippen LogP contribution is -2.38. The summed E-state index contributed by atoms with van der Waals surface area (Å²) >= 11 is 1.64. The van der Waals surface area contributed by atoms with E-state index in [1.165, 1.54) is 67.3 Å². The van der Waals surface area contributed by atoms with E-state index in [-0.39, 0.29) is 5.91 Å². The zero-order valence-corrected chi connectivity index (χ0v) is 17.7. The zero-order chi connectivity index (χ0) is 19.3. The van der Waals surface area contributed by atoms with Gasteiger partial charge in [-0.25, -0.2) is 0 Å². The highest BCUT2D eigenvalue weighted by Crippen LogP contribution is 2.36. The first-order valence-corrected chi connectivity index (χ1v) is 11.6. The van der Waals surface area contributed by atoms with E-state index in [0.717, 1.165) is 17.2 Å². The Bertz CT molecular complexity index is 799. The number of carbonyl (C=O) groups excluding carboxylic acids is 1. The standard InChI is InChI=1S/C23H32N2O2S/c1-27-14-12-24-23(26)22-20(19-8-4-5-9-21(19)28-22)15-18-7-3-2-6-13-25(18)16-17-10-11-17/h4-5,8-9,17-18H,2-3,6-7,10-16H2,1H3,(H,24,26)/t18-/m0/s1. The molecule has 1 saturated carbocycles. The lowest BCUT2D eigenvalue weighted by atomic mass is 9.97. The van der Waals surface area contributed by atoms with Crippen LogP contribution in [0.25, 0.3) is 10.1 Å². The molecule has 0 bridgehead atoms. The van der Waals surface area contributed by atoms with Crippen molar-refractivity contribution in [2.75, 3.05) is 33.4 Å². The predicted molar refractivity (Wildman–Crippen MR) is 116 cm³/mol. The molecule has 0 spiro atoms. The van der Waals surface area contributed by atoms with Crippen molar-refractivity contribution in [3.63, 3.8) is 0 Å². The van der Waals surface area contributed by atoms with Crippen LogP contribution < -0.4 is 5.32 Å². The van der Waals surface area contributed by atoms with Crippen LogP contribution >= 0.6 is 11.3 Å². The van der Waals surface area contributed by atoms with E-state index in [4.69, 9.17) is 4.74 Å². The van der Waals surface area contributed by atoms with Gasteiger partial charge in [0, 0.05) is 30.9 Å². The normalized spacial score (nSPS) is 21.0. The largest absolute Gasteiger partial charge is 0.383 e. The molecule has 0 unspecified atom stereocenters. The number of fused-ring (bicyclic) bond motifs is 1. The van der Waals surface area contributed by atoms with Gasteiger partial charge in [-0.2, -0.15) is 0 Å². The summed E-state index contributed by atoms with van der Waals surface area (Å²) in [6, 6.07) is 9.06. The number of ether oxygens (including phenoxy) is 1. The number of nitrogens with zero attached hydrogens (tertiary/aromatic N) is 1. The number of thiophene rings is 1. The first-order valence-electron chi connectivity index (χ1n) is 10.8. The highest BCUT2D eigenvalue weighted by Gasteiger charge is 2.30. The molecular weight excluding hydrogens is 368 g/mol. The number of benzene rings is 1. The molecule has 1 aliphatic heterocycles. The Labute approximate surface area is 172 Å². The number of nitrogens with one attached hydrogen (secondary N) is 1. The molecule has 4 rings (SSSR count). The van der Waals surface area contributed by atoms with Crippen LogP contribution in [0.3, 0.4) is 0 Å². The smallest absolute Gasteiger partial charge is 0.261 e. The van der Waals surface area contributed by atoms with Gasteiger partial charge in [-0.3, -0.25) is 9.69 Å². The second-order valence-corrected chi connectivity index (χ2v) is 9.35. The van der Waals surface area contributed by atoms with Crippen molar-refractivity contribution in [3.05, 3.63) is 34.7 Å². The van der Waals surface area contributed by atoms with Gasteiger partial charge >= 0.3 is 0 Å². The van der Waals surface area contributed by atoms with Crippen LogP contribution in [0.5, 0.6) is 0 Å². The van der Waals surface area contributed by atoms with Crippen molar-refractivity contribution in [1.82, 2.24) is 10.2 Å². The first kappa shape index (κ1) is 19.9. The SMILES string of the molecule is COCCNC(=O)c1sc2ccccc2c1C[C@@H]1CCCCCN1CC1CC1. The van der Waals surface area contributed by atoms with Crippen LogP contribution in [-0.4, -0.2) is 50.2 Å². The number of rotatable bonds is 8. The lowest BCUT2D eigenvalue weighted by molar-refractivity contribution is 0.0939. The molecule has 28 heavy (non-hydrogen) atoms. The van der Waals surface area contributed by atoms with Crippen LogP contribution in [-0.2, 0) is 11.2 Å². The van der Waals surface area contributed by atoms with Crippen LogP contribution in [0, 0.1) is 5.92 Å². The van der Waals surface area contributed by atoms with Gasteiger partial charge in [-0.15, -0.1) is 11.3 Å². The zero-order valence-electron chi connectivity index (χ0n) is 16.9. The molecule has 1 aromatic carbocycles. The van der Waals surface area contributed by atoms with Gasteiger partial charge < -0.3 is 10.1 Å². The lowest BCUT2D eigenvalue weighted by Gasteiger charge is -2.30. The third-order valence-electron chi connectivity index (χ3n) is 6.12. The summed E-state index contributed by atoms with van der Waals surface area (Å²) in [6.45, 7) is 3.57. The van der Waals surface area contributed by atoms with Crippen LogP contribution in [0.15, 0.2) is 24.3 Å². The van der Waals surface area contributed by atoms with Gasteiger partial charge in [-0.05, 0) is 61.6 Å². The Hall–Kier alpha value is -1.43. The molecule has 152 valence electrons. The number of methoxy groups -OCH3 is 1. The van der Waals surface area contributed by atoms with Crippen molar-refractivity contribution in [3.8, 4) is 0 Å². The van der Waals surface area contributed by atoms with Crippen LogP contribution in [0.2, 0.25) is 0 Å². The van der Waals surface area contributed by atoms with Gasteiger partial charge in [0.05, 0.1) is 11.5 Å². The highest BCUT2D eigenvalue weighted by molar-refractivity contribution is 7.21. The monoisotopic (exact) mass is 400 g/mol. The van der Waals surface area contributed by atoms with Crippen LogP contribution in [0.4, 0.5) is 0 Å². The molecule has 1 atom stereocenters. The van der Waals surface area contributed by atoms with E-state index in [1.807, 2.05) is 0 Å². The Kier molecular flexibility index (Phi) is 6.65. The Balaban J connectivity index is 1.59. The molecule has 2 heterocycles. The summed E-state index contributed by atoms with van der Waals surface area (Å²) < 4.78 is 6.31. The van der Waals surface area contributed by atoms with Gasteiger partial charge in [0.25, 0.3) is 5.91 Å². The molecule has 2 fully saturated rings. The second kappa shape index (κ2) is 9.38. The van der Waals surface area contributed by atoms with Crippen molar-refractivity contribution >= 4 is 27.3 Å². The number of hydrogen-bond donors (Lipinski definition) is 1. The molecule has 2 aliphatic rings. The second-order valence-electron chi connectivity index (χ2n) is 8.30. The van der Waals surface area contributed by atoms with Gasteiger partial charge in [0.1, 0.15) is 0 Å². The maximum absolute atomic E-state index is 12.9. The summed E-state index contributed by atoms with van der Waals surface area (Å²) in [5, 5.41) is 4.30. The van der Waals surface area contributed by atoms with Crippen molar-refractivity contribution in [1.29, 1.82) is 0 Å². The number of carbonyl (C=O) groups is 1. The molecule has 0 radical (unpaired) electrons. The maximum atomic E-state index is 12.9. The highest BCUT2D eigenvalue weighted by atomic mass is 32.1. The van der Waals surface area contributed by atoms with E-state index in [2.05, 4.69) is 34.5 Å². The Morgan fingerprint density at radius 2 is 2.07 bits per heavy atom. The van der Waals surface area contributed by atoms with E-state index < -0.39 is 0 Å². The summed E-state index contributed by atoms with van der Waals surface area (Å²) in [5.74, 6) is 0.965. The summed E-state index contributed by atoms with van der Waals surface area (Å²) in [4.78, 5) is 16.6. The Morgan fingerprint density at radius 3 is 2.89 bits per heavy atom. The summed E-state index contributed by atoms with van der Waals surface area (Å²) in [5.41, 5.74) is 1.25. The van der Waals surface area contributed by atoms with E-state index >= 15 is 0 Å². The van der Waals surface area contributed by atoms with E-state index in [0.29, 0.717) is 19.2 Å². The molecule has 1 N–H and O–H groups in total. The average molecular weight is 401 g/mol. The molecule has 1 saturated heterocycles. The summed E-state index contributed by atoms with van der Waals surface area (Å²) in [6.07, 6.45) is 9.01. The van der Waals surface area contributed by atoms with E-state index in [9.17, 15) is 4.79 Å². The third-order valence-corrected chi connectivity index (χ3v) is 7.34. The minimum Gasteiger partial charge on any atom is -0.383 e. The maximum Gasteiger partial charge on any atom is 0.261 e. The van der Waals surface area contributed by atoms with E-state index in [1.54, 1.807) is 18.4 Å². The van der Waals surface area contributed by atoms with Gasteiger partial charge in [0.15, 0.2) is 0 Å². The molecule has 1 aromatic heterocycles. The molecule has 2 aromatic rings. The van der Waals surface area contributed by atoms with Crippen molar-refractivity contribution in [2.45, 2.75) is 51.0 Å². The third kappa shape index (κ3) is 4.76. The predicted octanol–water partition coefficient (Wildman–Crippen LogP) is 4.47. The fraction of sp³-hybridized carbons (Fsp3) is 0.609. The van der Waals surface area contributed by atoms with Gasteiger partial charge in [0.2, 0.25) is 0 Å². The molecule has 1 amide bonds. The molecule has 5 heteroatoms. The molecule has 4 nitrogen and oxygen atoms in total. The molecular formula is C23H32N2O2S. The number of hydrogen-bond acceptors (Lipinski definition) is 4. The molecule has 1 aliphatic carbocycles. The first-order chi connectivity index (χ1) is 13.8. The van der Waals surface area contributed by atoms with Crippen molar-refractivity contribution < 1.29 is 9.53 Å². The van der Waals surface area contributed by atoms with Crippen LogP contribution in [0.1, 0.15) is 53.8 Å². The fourth-order valence-corrected chi connectivity index (χ4v) is 5.56. The minimum absolute atomic E-state index is 0.0515. The topological polar surface area (TPSA) is 41.6 Å². The van der Waals surface area contributed by atoms with Gasteiger partial charge in [-0.1, -0.05) is 31.0 Å².